The van der Waals surface area contributed by atoms with Gasteiger partial charge in [0.15, 0.2) is 0 Å². The van der Waals surface area contributed by atoms with Gasteiger partial charge >= 0.3 is 0 Å². The maximum Gasteiger partial charge on any atom is 0.244 e. The first kappa shape index (κ1) is 16.3. The van der Waals surface area contributed by atoms with Crippen LogP contribution in [0, 0.1) is 0 Å². The minimum Gasteiger partial charge on any atom is -0.352 e. The van der Waals surface area contributed by atoms with Gasteiger partial charge in [-0.2, -0.15) is 0 Å². The van der Waals surface area contributed by atoms with Crippen molar-refractivity contribution in [3.8, 4) is 0 Å². The van der Waals surface area contributed by atoms with Crippen LogP contribution in [0.25, 0.3) is 17.1 Å². The van der Waals surface area contributed by atoms with Crippen LogP contribution in [0.3, 0.4) is 0 Å². The Labute approximate surface area is 145 Å². The molecule has 2 aromatic heterocycles. The van der Waals surface area contributed by atoms with Gasteiger partial charge in [0, 0.05) is 42.0 Å². The molecule has 122 valence electrons. The molecule has 3 rings (SSSR count). The van der Waals surface area contributed by atoms with Crippen molar-refractivity contribution in [2.75, 3.05) is 6.54 Å². The van der Waals surface area contributed by atoms with Crippen LogP contribution in [-0.2, 0) is 11.3 Å². The summed E-state index contributed by atoms with van der Waals surface area (Å²) in [5.74, 6) is -0.120. The Morgan fingerprint density at radius 1 is 1.21 bits per heavy atom. The van der Waals surface area contributed by atoms with E-state index >= 15 is 0 Å². The van der Waals surface area contributed by atoms with Crippen LogP contribution in [-0.4, -0.2) is 22.0 Å². The van der Waals surface area contributed by atoms with Gasteiger partial charge in [-0.1, -0.05) is 29.8 Å². The molecule has 0 saturated heterocycles. The number of pyridine rings is 1. The number of carbonyl (C=O) groups is 1. The summed E-state index contributed by atoms with van der Waals surface area (Å²) in [5, 5.41) is 4.64. The summed E-state index contributed by atoms with van der Waals surface area (Å²) in [6.45, 7) is 1.42. The van der Waals surface area contributed by atoms with E-state index in [2.05, 4.69) is 14.9 Å². The lowest BCUT2D eigenvalue weighted by Gasteiger charge is -2.05. The molecule has 0 atom stereocenters. The van der Waals surface area contributed by atoms with Crippen molar-refractivity contribution in [1.29, 1.82) is 0 Å². The van der Waals surface area contributed by atoms with Gasteiger partial charge in [0.05, 0.1) is 0 Å². The molecule has 0 unspecified atom stereocenters. The number of aryl methyl sites for hydroxylation is 1. The average molecular weight is 340 g/mol. The second kappa shape index (κ2) is 7.79. The lowest BCUT2D eigenvalue weighted by molar-refractivity contribution is -0.116. The van der Waals surface area contributed by atoms with Crippen molar-refractivity contribution in [3.63, 3.8) is 0 Å². The number of nitrogens with zero attached hydrogens (tertiary/aromatic N) is 2. The minimum absolute atomic E-state index is 0.120. The summed E-state index contributed by atoms with van der Waals surface area (Å²) in [4.78, 5) is 16.2. The summed E-state index contributed by atoms with van der Waals surface area (Å²) < 4.78 is 2.10. The molecule has 1 amide bonds. The number of hydrogen-bond donors (Lipinski definition) is 1. The summed E-state index contributed by atoms with van der Waals surface area (Å²) in [5.41, 5.74) is 1.81. The molecule has 0 spiro atoms. The topological polar surface area (TPSA) is 46.9 Å². The lowest BCUT2D eigenvalue weighted by atomic mass is 10.2. The van der Waals surface area contributed by atoms with Crippen molar-refractivity contribution in [3.05, 3.63) is 71.5 Å². The normalized spacial score (nSPS) is 11.2. The monoisotopic (exact) mass is 339 g/mol. The van der Waals surface area contributed by atoms with Gasteiger partial charge in [-0.3, -0.25) is 4.79 Å². The van der Waals surface area contributed by atoms with Crippen molar-refractivity contribution in [1.82, 2.24) is 14.9 Å². The molecule has 4 nitrogen and oxygen atoms in total. The average Bonchev–Trinajstić information content (AvgIpc) is 3.01. The zero-order chi connectivity index (χ0) is 16.8. The van der Waals surface area contributed by atoms with E-state index in [1.54, 1.807) is 18.3 Å². The second-order valence-electron chi connectivity index (χ2n) is 5.42. The third-order valence-corrected chi connectivity index (χ3v) is 4.06. The molecule has 0 aliphatic heterocycles. The minimum atomic E-state index is -0.120. The number of fused-ring (bicyclic) bond motifs is 1. The van der Waals surface area contributed by atoms with Gasteiger partial charge < -0.3 is 9.88 Å². The van der Waals surface area contributed by atoms with E-state index in [0.29, 0.717) is 11.6 Å². The zero-order valence-corrected chi connectivity index (χ0v) is 13.9. The highest BCUT2D eigenvalue weighted by molar-refractivity contribution is 6.32. The van der Waals surface area contributed by atoms with Gasteiger partial charge in [0.25, 0.3) is 0 Å². The maximum absolute atomic E-state index is 11.8. The molecular formula is C19H18ClN3O. The maximum atomic E-state index is 11.8. The molecule has 1 aromatic carbocycles. The van der Waals surface area contributed by atoms with Crippen molar-refractivity contribution in [2.45, 2.75) is 13.0 Å². The molecule has 0 bridgehead atoms. The van der Waals surface area contributed by atoms with Crippen LogP contribution in [0.15, 0.2) is 60.9 Å². The third kappa shape index (κ3) is 4.03. The van der Waals surface area contributed by atoms with E-state index in [-0.39, 0.29) is 5.91 Å². The molecule has 0 aliphatic carbocycles. The SMILES string of the molecule is O=C(/C=C/c1ccccc1Cl)NCCCn1ccc2cccnc21. The number of benzene rings is 1. The van der Waals surface area contributed by atoms with E-state index in [9.17, 15) is 4.79 Å². The Bertz CT molecular complexity index is 870. The van der Waals surface area contributed by atoms with Crippen molar-refractivity contribution >= 4 is 34.6 Å². The highest BCUT2D eigenvalue weighted by Crippen LogP contribution is 2.16. The molecule has 1 N–H and O–H groups in total. The van der Waals surface area contributed by atoms with E-state index < -0.39 is 0 Å². The highest BCUT2D eigenvalue weighted by atomic mass is 35.5. The standard InChI is InChI=1S/C19H18ClN3O/c20-17-7-2-1-5-15(17)8-9-18(24)21-12-4-13-23-14-10-16-6-3-11-22-19(16)23/h1-3,5-11,14H,4,12-13H2,(H,21,24)/b9-8+. The zero-order valence-electron chi connectivity index (χ0n) is 13.2. The van der Waals surface area contributed by atoms with Crippen LogP contribution in [0.1, 0.15) is 12.0 Å². The van der Waals surface area contributed by atoms with Crippen LogP contribution in [0.4, 0.5) is 0 Å². The fourth-order valence-corrected chi connectivity index (χ4v) is 2.70. The Kier molecular flexibility index (Phi) is 5.29. The first-order valence-corrected chi connectivity index (χ1v) is 8.22. The van der Waals surface area contributed by atoms with Crippen molar-refractivity contribution in [2.24, 2.45) is 0 Å². The van der Waals surface area contributed by atoms with Crippen molar-refractivity contribution < 1.29 is 4.79 Å². The second-order valence-corrected chi connectivity index (χ2v) is 5.83. The molecule has 0 saturated carbocycles. The molecule has 0 aliphatic rings. The van der Waals surface area contributed by atoms with Crippen LogP contribution in [0.5, 0.6) is 0 Å². The Morgan fingerprint density at radius 3 is 2.96 bits per heavy atom. The van der Waals surface area contributed by atoms with E-state index in [4.69, 9.17) is 11.6 Å². The number of nitrogens with one attached hydrogen (secondary N) is 1. The molecule has 3 aromatic rings. The van der Waals surface area contributed by atoms with E-state index in [1.807, 2.05) is 42.6 Å². The molecule has 24 heavy (non-hydrogen) atoms. The summed E-state index contributed by atoms with van der Waals surface area (Å²) >= 11 is 6.05. The lowest BCUT2D eigenvalue weighted by Crippen LogP contribution is -2.23. The Hall–Kier alpha value is -2.59. The van der Waals surface area contributed by atoms with Gasteiger partial charge in [-0.25, -0.2) is 4.98 Å². The van der Waals surface area contributed by atoms with Crippen LogP contribution < -0.4 is 5.32 Å². The number of aromatic nitrogens is 2. The van der Waals surface area contributed by atoms with E-state index in [0.717, 1.165) is 29.6 Å². The van der Waals surface area contributed by atoms with Crippen LogP contribution in [0.2, 0.25) is 5.02 Å². The van der Waals surface area contributed by atoms with Gasteiger partial charge in [0.2, 0.25) is 5.91 Å². The van der Waals surface area contributed by atoms with Gasteiger partial charge in [-0.15, -0.1) is 0 Å². The molecule has 5 heteroatoms. The number of amides is 1. The first-order chi connectivity index (χ1) is 11.7. The third-order valence-electron chi connectivity index (χ3n) is 3.72. The molecule has 0 radical (unpaired) electrons. The number of hydrogen-bond acceptors (Lipinski definition) is 2. The fourth-order valence-electron chi connectivity index (χ4n) is 2.50. The number of carbonyl (C=O) groups excluding carboxylic acids is 1. The highest BCUT2D eigenvalue weighted by Gasteiger charge is 2.01. The predicted octanol–water partition coefficient (Wildman–Crippen LogP) is 3.91. The number of halogens is 1. The summed E-state index contributed by atoms with van der Waals surface area (Å²) in [6.07, 6.45) is 7.89. The van der Waals surface area contributed by atoms with Crippen LogP contribution >= 0.6 is 11.6 Å². The largest absolute Gasteiger partial charge is 0.352 e. The quantitative estimate of drug-likeness (QED) is 0.546. The smallest absolute Gasteiger partial charge is 0.244 e. The summed E-state index contributed by atoms with van der Waals surface area (Å²) in [6, 6.07) is 13.4. The Morgan fingerprint density at radius 2 is 2.08 bits per heavy atom. The molecular weight excluding hydrogens is 322 g/mol. The Balaban J connectivity index is 1.46. The molecule has 2 heterocycles. The molecule has 0 fully saturated rings. The van der Waals surface area contributed by atoms with E-state index in [1.165, 1.54) is 6.08 Å². The number of rotatable bonds is 6. The predicted molar refractivity (Wildman–Crippen MR) is 97.8 cm³/mol. The van der Waals surface area contributed by atoms with Gasteiger partial charge in [0.1, 0.15) is 5.65 Å². The fraction of sp³-hybridized carbons (Fsp3) is 0.158. The van der Waals surface area contributed by atoms with Gasteiger partial charge in [-0.05, 0) is 42.3 Å². The first-order valence-electron chi connectivity index (χ1n) is 7.84. The summed E-state index contributed by atoms with van der Waals surface area (Å²) in [7, 11) is 0.